The molecule has 0 bridgehead atoms. The first-order chi connectivity index (χ1) is 16.2. The Morgan fingerprint density at radius 3 is 2.51 bits per heavy atom. The number of anilines is 2. The molecule has 3 aromatic rings. The number of nitrogens with one attached hydrogen (secondary N) is 2. The Morgan fingerprint density at radius 2 is 1.86 bits per heavy atom. The van der Waals surface area contributed by atoms with E-state index in [1.807, 2.05) is 0 Å². The molecule has 1 atom stereocenters. The van der Waals surface area contributed by atoms with Crippen LogP contribution in [0.4, 0.5) is 11.4 Å². The summed E-state index contributed by atoms with van der Waals surface area (Å²) in [5.74, 6) is -0.576. The fourth-order valence-electron chi connectivity index (χ4n) is 3.88. The van der Waals surface area contributed by atoms with E-state index in [0.29, 0.717) is 23.9 Å². The molecule has 1 unspecified atom stereocenters. The molecular formula is C23H27N4O6PS. The summed E-state index contributed by atoms with van der Waals surface area (Å²) in [5, 5.41) is 14.2. The molecule has 1 aromatic heterocycles. The van der Waals surface area contributed by atoms with Gasteiger partial charge in [0.25, 0.3) is 5.56 Å². The normalized spacial score (nSPS) is 18.0. The van der Waals surface area contributed by atoms with Crippen LogP contribution in [0.2, 0.25) is 0 Å². The highest BCUT2D eigenvalue weighted by Crippen LogP contribution is 2.47. The zero-order valence-electron chi connectivity index (χ0n) is 19.7. The topological polar surface area (TPSA) is 150 Å². The molecule has 0 radical (unpaired) electrons. The summed E-state index contributed by atoms with van der Waals surface area (Å²) in [7, 11) is -8.02. The van der Waals surface area contributed by atoms with Gasteiger partial charge in [-0.2, -0.15) is 4.76 Å². The lowest BCUT2D eigenvalue weighted by molar-refractivity contribution is 0.350. The van der Waals surface area contributed by atoms with Crippen LogP contribution in [-0.4, -0.2) is 35.1 Å². The molecule has 35 heavy (non-hydrogen) atoms. The van der Waals surface area contributed by atoms with E-state index in [9.17, 15) is 27.8 Å². The number of benzene rings is 2. The van der Waals surface area contributed by atoms with Gasteiger partial charge in [0.05, 0.1) is 22.8 Å². The minimum absolute atomic E-state index is 0.0589. The second kappa shape index (κ2) is 8.51. The first-order valence-corrected chi connectivity index (χ1v) is 14.3. The van der Waals surface area contributed by atoms with Crippen molar-refractivity contribution in [1.82, 2.24) is 4.57 Å². The Morgan fingerprint density at radius 1 is 1.17 bits per heavy atom. The number of aromatic nitrogens is 1. The van der Waals surface area contributed by atoms with Gasteiger partial charge in [-0.3, -0.25) is 14.1 Å². The monoisotopic (exact) mass is 518 g/mol. The number of hydrogen-bond donors (Lipinski definition) is 4. The SMILES string of the molecule is CC(C)(C)CCn1c(=O)c(C2=NP(=O)(O)c3cc(NS(C)(=O)=O)ccc3N2)c(O)c2ccccc21. The van der Waals surface area contributed by atoms with Crippen LogP contribution >= 0.6 is 7.52 Å². The molecule has 1 aliphatic rings. The standard InChI is InChI=1S/C23H27N4O6PS/c1-23(2,3)11-12-27-17-8-6-5-7-15(17)20(28)19(22(27)29)21-24-16-10-9-14(26-35(4,32)33)13-18(16)34(30,31)25-21/h5-10,13,26,28H,11-12H2,1-4H3,(H2,24,25,30,31). The van der Waals surface area contributed by atoms with E-state index in [1.54, 1.807) is 24.3 Å². The molecule has 0 saturated heterocycles. The Labute approximate surface area is 202 Å². The fraction of sp³-hybridized carbons (Fsp3) is 0.304. The van der Waals surface area contributed by atoms with Gasteiger partial charge >= 0.3 is 7.52 Å². The third kappa shape index (κ3) is 5.12. The highest BCUT2D eigenvalue weighted by molar-refractivity contribution is 7.92. The lowest BCUT2D eigenvalue weighted by atomic mass is 9.92. The molecular weight excluding hydrogens is 491 g/mol. The molecule has 0 saturated carbocycles. The second-order valence-electron chi connectivity index (χ2n) is 9.73. The molecule has 0 fully saturated rings. The van der Waals surface area contributed by atoms with E-state index < -0.39 is 23.1 Å². The minimum Gasteiger partial charge on any atom is -0.506 e. The van der Waals surface area contributed by atoms with Crippen molar-refractivity contribution in [3.05, 3.63) is 58.4 Å². The summed E-state index contributed by atoms with van der Waals surface area (Å²) in [6.45, 7) is 6.54. The van der Waals surface area contributed by atoms with Crippen LogP contribution in [0.3, 0.4) is 0 Å². The van der Waals surface area contributed by atoms with Crippen molar-refractivity contribution in [1.29, 1.82) is 0 Å². The van der Waals surface area contributed by atoms with Crippen molar-refractivity contribution in [2.75, 3.05) is 16.3 Å². The maximum absolute atomic E-state index is 13.6. The smallest absolute Gasteiger partial charge is 0.346 e. The summed E-state index contributed by atoms with van der Waals surface area (Å²) in [4.78, 5) is 24.3. The van der Waals surface area contributed by atoms with Crippen molar-refractivity contribution < 1.29 is 23.0 Å². The van der Waals surface area contributed by atoms with Crippen LogP contribution < -0.4 is 20.9 Å². The van der Waals surface area contributed by atoms with Crippen LogP contribution in [0.15, 0.2) is 52.0 Å². The van der Waals surface area contributed by atoms with Crippen LogP contribution in [0.5, 0.6) is 5.75 Å². The highest BCUT2D eigenvalue weighted by atomic mass is 32.2. The average Bonchev–Trinajstić information content (AvgIpc) is 2.72. The largest absolute Gasteiger partial charge is 0.506 e. The average molecular weight is 519 g/mol. The number of nitrogens with zero attached hydrogens (tertiary/aromatic N) is 2. The Kier molecular flexibility index (Phi) is 6.07. The summed E-state index contributed by atoms with van der Waals surface area (Å²) >= 11 is 0. The lowest BCUT2D eigenvalue weighted by Gasteiger charge is -2.24. The molecule has 0 amide bonds. The lowest BCUT2D eigenvalue weighted by Crippen LogP contribution is -2.34. The second-order valence-corrected chi connectivity index (χ2v) is 13.3. The molecule has 10 nitrogen and oxygen atoms in total. The van der Waals surface area contributed by atoms with Crippen LogP contribution in [0, 0.1) is 5.41 Å². The predicted molar refractivity (Wildman–Crippen MR) is 138 cm³/mol. The molecule has 4 N–H and O–H groups in total. The van der Waals surface area contributed by atoms with Gasteiger partial charge in [-0.25, -0.2) is 8.42 Å². The zero-order valence-corrected chi connectivity index (χ0v) is 21.4. The molecule has 2 heterocycles. The Hall–Kier alpha value is -3.14. The maximum atomic E-state index is 13.6. The molecule has 12 heteroatoms. The van der Waals surface area contributed by atoms with Crippen LogP contribution in [-0.2, 0) is 21.1 Å². The van der Waals surface area contributed by atoms with Crippen LogP contribution in [0.1, 0.15) is 32.8 Å². The van der Waals surface area contributed by atoms with E-state index in [-0.39, 0.29) is 39.2 Å². The Bertz CT molecular complexity index is 1590. The summed E-state index contributed by atoms with van der Waals surface area (Å²) in [6, 6.07) is 10.9. The van der Waals surface area contributed by atoms with E-state index in [1.165, 1.54) is 22.8 Å². The van der Waals surface area contributed by atoms with Crippen LogP contribution in [0.25, 0.3) is 10.9 Å². The van der Waals surface area contributed by atoms with E-state index >= 15 is 0 Å². The molecule has 4 rings (SSSR count). The van der Waals surface area contributed by atoms with Crippen molar-refractivity contribution in [2.24, 2.45) is 10.2 Å². The first-order valence-electron chi connectivity index (χ1n) is 10.8. The van der Waals surface area contributed by atoms with Gasteiger partial charge in [0.15, 0.2) is 5.84 Å². The molecule has 1 aliphatic heterocycles. The van der Waals surface area contributed by atoms with Crippen molar-refractivity contribution >= 4 is 51.0 Å². The third-order valence-corrected chi connectivity index (χ3v) is 7.65. The third-order valence-electron chi connectivity index (χ3n) is 5.57. The van der Waals surface area contributed by atoms with Gasteiger partial charge in [0.1, 0.15) is 11.3 Å². The number of rotatable bonds is 5. The molecule has 186 valence electrons. The summed E-state index contributed by atoms with van der Waals surface area (Å²) < 4.78 is 43.9. The summed E-state index contributed by atoms with van der Waals surface area (Å²) in [5.41, 5.74) is -0.00145. The van der Waals surface area contributed by atoms with Gasteiger partial charge in [-0.1, -0.05) is 32.9 Å². The number of amidine groups is 1. The maximum Gasteiger partial charge on any atom is 0.346 e. The van der Waals surface area contributed by atoms with Gasteiger partial charge < -0.3 is 19.9 Å². The van der Waals surface area contributed by atoms with E-state index in [4.69, 9.17) is 0 Å². The van der Waals surface area contributed by atoms with Crippen molar-refractivity contribution in [2.45, 2.75) is 33.7 Å². The number of aromatic hydroxyl groups is 1. The Balaban J connectivity index is 1.88. The first kappa shape index (κ1) is 25.0. The number of sulfonamides is 1. The van der Waals surface area contributed by atoms with Crippen molar-refractivity contribution in [3.8, 4) is 5.75 Å². The fourth-order valence-corrected chi connectivity index (χ4v) is 5.72. The van der Waals surface area contributed by atoms with Gasteiger partial charge in [-0.15, -0.1) is 0 Å². The zero-order chi connectivity index (χ0) is 25.8. The number of para-hydroxylation sites is 1. The molecule has 0 spiro atoms. The van der Waals surface area contributed by atoms with Gasteiger partial charge in [-0.05, 0) is 42.2 Å². The number of aryl methyl sites for hydroxylation is 1. The molecule has 0 aliphatic carbocycles. The quantitative estimate of drug-likeness (QED) is 0.379. The van der Waals surface area contributed by atoms with Gasteiger partial charge in [0, 0.05) is 17.6 Å². The predicted octanol–water partition coefficient (Wildman–Crippen LogP) is 3.20. The van der Waals surface area contributed by atoms with E-state index in [2.05, 4.69) is 35.6 Å². The van der Waals surface area contributed by atoms with Crippen molar-refractivity contribution in [3.63, 3.8) is 0 Å². The summed E-state index contributed by atoms with van der Waals surface area (Å²) in [6.07, 6.45) is 1.64. The minimum atomic E-state index is -4.42. The number of pyridine rings is 1. The molecule has 2 aromatic carbocycles. The number of hydrogen-bond acceptors (Lipinski definition) is 6. The van der Waals surface area contributed by atoms with Gasteiger partial charge in [0.2, 0.25) is 10.0 Å². The van der Waals surface area contributed by atoms with E-state index in [0.717, 1.165) is 6.26 Å². The highest BCUT2D eigenvalue weighted by Gasteiger charge is 2.33. The number of fused-ring (bicyclic) bond motifs is 2.